The average Bonchev–Trinajstić information content (AvgIpc) is 3.26. The molecule has 3 aliphatic rings. The highest BCUT2D eigenvalue weighted by molar-refractivity contribution is 5.83. The number of aromatic amines is 1. The van der Waals surface area contributed by atoms with Crippen molar-refractivity contribution in [1.29, 1.82) is 0 Å². The molecule has 0 bridgehead atoms. The third kappa shape index (κ3) is 2.68. The molecule has 3 aliphatic heterocycles. The Morgan fingerprint density at radius 3 is 2.80 bits per heavy atom. The molecule has 0 atom stereocenters. The molecule has 1 aromatic rings. The van der Waals surface area contributed by atoms with E-state index in [1.54, 1.807) is 6.33 Å². The summed E-state index contributed by atoms with van der Waals surface area (Å²) in [6.45, 7) is 6.60. The summed E-state index contributed by atoms with van der Waals surface area (Å²) in [4.78, 5) is 37.9. The van der Waals surface area contributed by atoms with Crippen LogP contribution in [0.3, 0.4) is 0 Å². The van der Waals surface area contributed by atoms with Crippen LogP contribution in [-0.4, -0.2) is 82.5 Å². The number of piperidine rings is 1. The number of rotatable bonds is 3. The maximum Gasteiger partial charge on any atom is 0.410 e. The number of likely N-dealkylation sites (tertiary alicyclic amines) is 1. The Morgan fingerprint density at radius 2 is 2.12 bits per heavy atom. The van der Waals surface area contributed by atoms with Crippen molar-refractivity contribution >= 4 is 12.0 Å². The number of hydrogen-bond acceptors (Lipinski definition) is 5. The number of cyclic esters (lactones) is 1. The smallest absolute Gasteiger partial charge is 0.410 e. The molecule has 4 heterocycles. The topological polar surface area (TPSA) is 81.8 Å². The second-order valence-corrected chi connectivity index (χ2v) is 7.01. The van der Waals surface area contributed by atoms with E-state index in [1.165, 1.54) is 10.6 Å². The second-order valence-electron chi connectivity index (χ2n) is 7.01. The summed E-state index contributed by atoms with van der Waals surface area (Å²) in [7, 11) is 0. The van der Waals surface area contributed by atoms with E-state index in [0.29, 0.717) is 26.2 Å². The Balaban J connectivity index is 1.45. The molecule has 136 valence electrons. The minimum Gasteiger partial charge on any atom is -0.448 e. The molecule has 8 heteroatoms. The fraction of sp³-hybridized carbons (Fsp3) is 0.706. The van der Waals surface area contributed by atoms with Gasteiger partial charge in [0.1, 0.15) is 13.2 Å². The van der Waals surface area contributed by atoms with Gasteiger partial charge in [0.15, 0.2) is 0 Å². The zero-order chi connectivity index (χ0) is 17.4. The summed E-state index contributed by atoms with van der Waals surface area (Å²) in [5.41, 5.74) is 2.34. The number of likely N-dealkylation sites (N-methyl/N-ethyl adjacent to an activating group) is 1. The number of nitrogens with one attached hydrogen (secondary N) is 1. The highest BCUT2D eigenvalue weighted by Gasteiger charge is 2.46. The lowest BCUT2D eigenvalue weighted by atomic mass is 9.78. The second kappa shape index (κ2) is 6.33. The Bertz CT molecular complexity index is 665. The Labute approximate surface area is 147 Å². The first kappa shape index (κ1) is 16.4. The third-order valence-corrected chi connectivity index (χ3v) is 5.89. The van der Waals surface area contributed by atoms with E-state index < -0.39 is 0 Å². The molecule has 2 saturated heterocycles. The van der Waals surface area contributed by atoms with Gasteiger partial charge in [-0.2, -0.15) is 0 Å². The van der Waals surface area contributed by atoms with E-state index in [0.717, 1.165) is 38.0 Å². The van der Waals surface area contributed by atoms with Crippen molar-refractivity contribution in [1.82, 2.24) is 24.7 Å². The maximum atomic E-state index is 12.6. The van der Waals surface area contributed by atoms with Crippen molar-refractivity contribution in [3.05, 3.63) is 17.7 Å². The van der Waals surface area contributed by atoms with Gasteiger partial charge in [0.2, 0.25) is 5.91 Å². The van der Waals surface area contributed by atoms with E-state index in [9.17, 15) is 9.59 Å². The van der Waals surface area contributed by atoms with Crippen LogP contribution in [-0.2, 0) is 21.5 Å². The van der Waals surface area contributed by atoms with Crippen LogP contribution < -0.4 is 0 Å². The molecule has 25 heavy (non-hydrogen) atoms. The first-order valence-corrected chi connectivity index (χ1v) is 9.11. The summed E-state index contributed by atoms with van der Waals surface area (Å²) >= 11 is 0. The van der Waals surface area contributed by atoms with Crippen molar-refractivity contribution in [2.75, 3.05) is 45.9 Å². The van der Waals surface area contributed by atoms with Gasteiger partial charge < -0.3 is 14.6 Å². The van der Waals surface area contributed by atoms with Gasteiger partial charge in [0, 0.05) is 31.7 Å². The fourth-order valence-electron chi connectivity index (χ4n) is 4.50. The SMILES string of the molecule is CCN1CCc2[nH]cnc2C12CCN(C(=O)CN1CCOC1=O)CC2. The molecule has 0 aliphatic carbocycles. The molecule has 2 fully saturated rings. The van der Waals surface area contributed by atoms with Crippen LogP contribution in [0, 0.1) is 0 Å². The van der Waals surface area contributed by atoms with Gasteiger partial charge in [0.05, 0.1) is 24.1 Å². The van der Waals surface area contributed by atoms with E-state index in [1.807, 2.05) is 4.90 Å². The normalized spacial score (nSPS) is 23.0. The molecule has 0 aromatic carbocycles. The summed E-state index contributed by atoms with van der Waals surface area (Å²) in [6, 6.07) is 0. The number of nitrogens with zero attached hydrogens (tertiary/aromatic N) is 4. The lowest BCUT2D eigenvalue weighted by molar-refractivity contribution is -0.135. The number of fused-ring (bicyclic) bond motifs is 2. The van der Waals surface area contributed by atoms with Gasteiger partial charge in [-0.05, 0) is 19.4 Å². The first-order chi connectivity index (χ1) is 12.1. The molecule has 1 N–H and O–H groups in total. The van der Waals surface area contributed by atoms with Gasteiger partial charge in [-0.1, -0.05) is 6.92 Å². The largest absolute Gasteiger partial charge is 0.448 e. The van der Waals surface area contributed by atoms with Gasteiger partial charge >= 0.3 is 6.09 Å². The number of imidazole rings is 1. The lowest BCUT2D eigenvalue weighted by Gasteiger charge is -2.50. The molecule has 0 radical (unpaired) electrons. The summed E-state index contributed by atoms with van der Waals surface area (Å²) in [5.74, 6) is 0.00908. The van der Waals surface area contributed by atoms with Gasteiger partial charge in [-0.3, -0.25) is 14.6 Å². The van der Waals surface area contributed by atoms with Crippen molar-refractivity contribution in [2.45, 2.75) is 31.7 Å². The Hall–Kier alpha value is -2.09. The number of hydrogen-bond donors (Lipinski definition) is 1. The molecule has 8 nitrogen and oxygen atoms in total. The number of carbonyl (C=O) groups is 2. The zero-order valence-corrected chi connectivity index (χ0v) is 14.7. The fourth-order valence-corrected chi connectivity index (χ4v) is 4.50. The number of H-pyrrole nitrogens is 1. The number of aromatic nitrogens is 2. The van der Waals surface area contributed by atoms with Gasteiger partial charge in [-0.15, -0.1) is 0 Å². The van der Waals surface area contributed by atoms with E-state index in [-0.39, 0.29) is 24.1 Å². The molecule has 4 rings (SSSR count). The lowest BCUT2D eigenvalue weighted by Crippen LogP contribution is -2.57. The van der Waals surface area contributed by atoms with E-state index in [2.05, 4.69) is 21.8 Å². The molecular weight excluding hydrogens is 322 g/mol. The van der Waals surface area contributed by atoms with E-state index >= 15 is 0 Å². The van der Waals surface area contributed by atoms with Gasteiger partial charge in [-0.25, -0.2) is 9.78 Å². The minimum atomic E-state index is -0.382. The van der Waals surface area contributed by atoms with Crippen LogP contribution in [0.15, 0.2) is 6.33 Å². The molecule has 1 spiro atoms. The molecule has 0 saturated carbocycles. The zero-order valence-electron chi connectivity index (χ0n) is 14.7. The quantitative estimate of drug-likeness (QED) is 0.864. The van der Waals surface area contributed by atoms with Crippen LogP contribution in [0.4, 0.5) is 4.79 Å². The number of amides is 2. The minimum absolute atomic E-state index is 0.00908. The Morgan fingerprint density at radius 1 is 1.32 bits per heavy atom. The summed E-state index contributed by atoms with van der Waals surface area (Å²) < 4.78 is 4.90. The van der Waals surface area contributed by atoms with Crippen molar-refractivity contribution < 1.29 is 14.3 Å². The third-order valence-electron chi connectivity index (χ3n) is 5.89. The molecule has 2 amide bonds. The van der Waals surface area contributed by atoms with Crippen molar-refractivity contribution in [2.24, 2.45) is 0 Å². The first-order valence-electron chi connectivity index (χ1n) is 9.11. The highest BCUT2D eigenvalue weighted by Crippen LogP contribution is 2.41. The average molecular weight is 347 g/mol. The predicted molar refractivity (Wildman–Crippen MR) is 90.0 cm³/mol. The van der Waals surface area contributed by atoms with Crippen molar-refractivity contribution in [3.8, 4) is 0 Å². The Kier molecular flexibility index (Phi) is 4.15. The predicted octanol–water partition coefficient (Wildman–Crippen LogP) is 0.558. The standard InChI is InChI=1S/C17H25N5O3/c1-2-22-6-3-13-15(19-12-18-13)17(22)4-7-20(8-5-17)14(23)11-21-9-10-25-16(21)24/h12H,2-11H2,1H3,(H,18,19). The van der Waals surface area contributed by atoms with Crippen LogP contribution in [0.25, 0.3) is 0 Å². The number of ether oxygens (including phenoxy) is 1. The van der Waals surface area contributed by atoms with Crippen molar-refractivity contribution in [3.63, 3.8) is 0 Å². The highest BCUT2D eigenvalue weighted by atomic mass is 16.6. The van der Waals surface area contributed by atoms with Gasteiger partial charge in [0.25, 0.3) is 0 Å². The van der Waals surface area contributed by atoms with E-state index in [4.69, 9.17) is 4.74 Å². The monoisotopic (exact) mass is 347 g/mol. The van der Waals surface area contributed by atoms with Crippen LogP contribution in [0.1, 0.15) is 31.2 Å². The molecule has 0 unspecified atom stereocenters. The molecular formula is C17H25N5O3. The molecule has 1 aromatic heterocycles. The number of carbonyl (C=O) groups excluding carboxylic acids is 2. The van der Waals surface area contributed by atoms with Crippen LogP contribution in [0.5, 0.6) is 0 Å². The summed E-state index contributed by atoms with van der Waals surface area (Å²) in [5, 5.41) is 0. The maximum absolute atomic E-state index is 12.6. The van der Waals surface area contributed by atoms with Crippen LogP contribution >= 0.6 is 0 Å². The van der Waals surface area contributed by atoms with Crippen LogP contribution in [0.2, 0.25) is 0 Å². The summed E-state index contributed by atoms with van der Waals surface area (Å²) in [6.07, 6.45) is 4.18.